The van der Waals surface area contributed by atoms with Crippen molar-refractivity contribution < 1.29 is 8.96 Å². The molecule has 0 unspecified atom stereocenters. The molecule has 23 heavy (non-hydrogen) atoms. The average molecular weight is 302 g/mol. The molecule has 0 aliphatic carbocycles. The fourth-order valence-corrected chi connectivity index (χ4v) is 3.19. The number of fused-ring (bicyclic) bond motifs is 2. The van der Waals surface area contributed by atoms with Crippen molar-refractivity contribution >= 4 is 21.5 Å². The number of pyridine rings is 1. The molecule has 0 saturated carbocycles. The Bertz CT molecular complexity index is 967. The molecule has 0 atom stereocenters. The molecule has 0 aliphatic heterocycles. The third kappa shape index (κ3) is 2.46. The maximum Gasteiger partial charge on any atom is 0.359 e. The summed E-state index contributed by atoms with van der Waals surface area (Å²) < 4.78 is 15.4. The monoisotopic (exact) mass is 302 g/mol. The minimum atomic E-state index is -0.216. The van der Waals surface area contributed by atoms with Crippen LogP contribution in [0.1, 0.15) is 11.1 Å². The SMILES string of the molecule is C[n+]1ccc(Cc2c3ccccc3cc3ccccc23)cc1F. The number of benzene rings is 3. The maximum absolute atomic E-state index is 13.9. The summed E-state index contributed by atoms with van der Waals surface area (Å²) in [7, 11) is 1.71. The Hall–Kier alpha value is -2.74. The number of aromatic nitrogens is 1. The second-order valence-corrected chi connectivity index (χ2v) is 5.94. The van der Waals surface area contributed by atoms with Gasteiger partial charge < -0.3 is 0 Å². The van der Waals surface area contributed by atoms with Crippen LogP contribution in [-0.2, 0) is 13.5 Å². The lowest BCUT2D eigenvalue weighted by atomic mass is 9.93. The number of hydrogen-bond donors (Lipinski definition) is 0. The molecule has 4 aromatic rings. The van der Waals surface area contributed by atoms with Crippen molar-refractivity contribution in [2.75, 3.05) is 0 Å². The molecule has 112 valence electrons. The van der Waals surface area contributed by atoms with Gasteiger partial charge >= 0.3 is 5.95 Å². The maximum atomic E-state index is 13.9. The summed E-state index contributed by atoms with van der Waals surface area (Å²) in [4.78, 5) is 0. The summed E-state index contributed by atoms with van der Waals surface area (Å²) in [6.45, 7) is 0. The first-order valence-electron chi connectivity index (χ1n) is 7.76. The highest BCUT2D eigenvalue weighted by atomic mass is 19.1. The van der Waals surface area contributed by atoms with Gasteiger partial charge in [0.1, 0.15) is 7.05 Å². The number of rotatable bonds is 2. The van der Waals surface area contributed by atoms with Crippen LogP contribution in [0.2, 0.25) is 0 Å². The van der Waals surface area contributed by atoms with Crippen LogP contribution in [0.25, 0.3) is 21.5 Å². The third-order valence-electron chi connectivity index (χ3n) is 4.42. The summed E-state index contributed by atoms with van der Waals surface area (Å²) in [5.41, 5.74) is 2.24. The van der Waals surface area contributed by atoms with E-state index in [0.717, 1.165) is 12.0 Å². The van der Waals surface area contributed by atoms with Crippen molar-refractivity contribution in [3.63, 3.8) is 0 Å². The highest BCUT2D eigenvalue weighted by Gasteiger charge is 2.11. The first-order chi connectivity index (χ1) is 11.2. The number of nitrogens with zero attached hydrogens (tertiary/aromatic N) is 1. The molecular formula is C21H17FN+. The molecule has 1 aromatic heterocycles. The largest absolute Gasteiger partial charge is 0.359 e. The molecule has 0 fully saturated rings. The van der Waals surface area contributed by atoms with Gasteiger partial charge in [-0.05, 0) is 45.2 Å². The summed E-state index contributed by atoms with van der Waals surface area (Å²) >= 11 is 0. The van der Waals surface area contributed by atoms with Crippen LogP contribution in [0.4, 0.5) is 4.39 Å². The lowest BCUT2D eigenvalue weighted by Gasteiger charge is -2.11. The molecule has 0 aliphatic rings. The average Bonchev–Trinajstić information content (AvgIpc) is 2.58. The van der Waals surface area contributed by atoms with Crippen molar-refractivity contribution in [3.8, 4) is 0 Å². The zero-order chi connectivity index (χ0) is 15.8. The van der Waals surface area contributed by atoms with Crippen molar-refractivity contribution in [1.82, 2.24) is 0 Å². The second-order valence-electron chi connectivity index (χ2n) is 5.94. The molecule has 4 rings (SSSR count). The first-order valence-corrected chi connectivity index (χ1v) is 7.76. The minimum absolute atomic E-state index is 0.216. The van der Waals surface area contributed by atoms with Gasteiger partial charge in [0.05, 0.1) is 0 Å². The van der Waals surface area contributed by atoms with Gasteiger partial charge in [-0.25, -0.2) is 0 Å². The van der Waals surface area contributed by atoms with E-state index in [2.05, 4.69) is 54.6 Å². The molecule has 2 heteroatoms. The standard InChI is InChI=1S/C21H17FN/c1-23-11-10-15(13-21(23)22)12-20-18-8-4-2-6-16(18)14-17-7-3-5-9-19(17)20/h2-11,13-14H,12H2,1H3/q+1. The van der Waals surface area contributed by atoms with Gasteiger partial charge in [-0.15, -0.1) is 4.39 Å². The van der Waals surface area contributed by atoms with E-state index < -0.39 is 0 Å². The van der Waals surface area contributed by atoms with Crippen molar-refractivity contribution in [3.05, 3.63) is 90.0 Å². The molecule has 0 saturated heterocycles. The van der Waals surface area contributed by atoms with Gasteiger partial charge in [-0.1, -0.05) is 48.5 Å². The van der Waals surface area contributed by atoms with Crippen molar-refractivity contribution in [1.29, 1.82) is 0 Å². The van der Waals surface area contributed by atoms with Gasteiger partial charge in [-0.3, -0.25) is 0 Å². The van der Waals surface area contributed by atoms with E-state index in [9.17, 15) is 4.39 Å². The van der Waals surface area contributed by atoms with Crippen molar-refractivity contribution in [2.45, 2.75) is 6.42 Å². The van der Waals surface area contributed by atoms with Crippen LogP contribution in [0.5, 0.6) is 0 Å². The fourth-order valence-electron chi connectivity index (χ4n) is 3.19. The Morgan fingerprint density at radius 1 is 0.826 bits per heavy atom. The number of aryl methyl sites for hydroxylation is 1. The van der Waals surface area contributed by atoms with E-state index >= 15 is 0 Å². The van der Waals surface area contributed by atoms with E-state index in [1.165, 1.54) is 31.7 Å². The Balaban J connectivity index is 1.97. The molecule has 0 radical (unpaired) electrons. The molecular weight excluding hydrogens is 285 g/mol. The molecule has 0 amide bonds. The molecule has 0 spiro atoms. The first kappa shape index (κ1) is 13.9. The predicted octanol–water partition coefficient (Wildman–Crippen LogP) is 4.55. The topological polar surface area (TPSA) is 3.88 Å². The van der Waals surface area contributed by atoms with E-state index in [1.54, 1.807) is 19.3 Å². The Morgan fingerprint density at radius 2 is 1.43 bits per heavy atom. The predicted molar refractivity (Wildman–Crippen MR) is 91.8 cm³/mol. The summed E-state index contributed by atoms with van der Waals surface area (Å²) in [6.07, 6.45) is 2.50. The number of halogens is 1. The van der Waals surface area contributed by atoms with Gasteiger partial charge in [-0.2, -0.15) is 4.57 Å². The Morgan fingerprint density at radius 3 is 2.04 bits per heavy atom. The van der Waals surface area contributed by atoms with Crippen LogP contribution in [0, 0.1) is 5.95 Å². The highest BCUT2D eigenvalue weighted by molar-refractivity contribution is 6.02. The zero-order valence-corrected chi connectivity index (χ0v) is 13.0. The van der Waals surface area contributed by atoms with E-state index in [0.29, 0.717) is 0 Å². The number of hydrogen-bond acceptors (Lipinski definition) is 0. The second kappa shape index (κ2) is 5.47. The van der Waals surface area contributed by atoms with Crippen molar-refractivity contribution in [2.24, 2.45) is 7.05 Å². The van der Waals surface area contributed by atoms with E-state index in [1.807, 2.05) is 6.07 Å². The van der Waals surface area contributed by atoms with Crippen LogP contribution < -0.4 is 4.57 Å². The molecule has 0 N–H and O–H groups in total. The van der Waals surface area contributed by atoms with Crippen LogP contribution in [0.15, 0.2) is 72.9 Å². The van der Waals surface area contributed by atoms with E-state index in [4.69, 9.17) is 0 Å². The molecule has 0 bridgehead atoms. The quantitative estimate of drug-likeness (QED) is 0.291. The third-order valence-corrected chi connectivity index (χ3v) is 4.42. The van der Waals surface area contributed by atoms with Crippen LogP contribution >= 0.6 is 0 Å². The molecule has 1 nitrogen and oxygen atoms in total. The van der Waals surface area contributed by atoms with Crippen LogP contribution in [-0.4, -0.2) is 0 Å². The van der Waals surface area contributed by atoms with Gasteiger partial charge in [0.25, 0.3) is 0 Å². The lowest BCUT2D eigenvalue weighted by molar-refractivity contribution is -0.700. The van der Waals surface area contributed by atoms with Gasteiger partial charge in [0, 0.05) is 12.1 Å². The zero-order valence-electron chi connectivity index (χ0n) is 13.0. The smallest absolute Gasteiger partial charge is 0.176 e. The molecule has 1 heterocycles. The van der Waals surface area contributed by atoms with E-state index in [-0.39, 0.29) is 5.95 Å². The normalized spacial score (nSPS) is 11.2. The summed E-state index contributed by atoms with van der Waals surface area (Å²) in [6, 6.07) is 22.6. The Kier molecular flexibility index (Phi) is 3.30. The Labute approximate surface area is 134 Å². The van der Waals surface area contributed by atoms with Crippen LogP contribution in [0.3, 0.4) is 0 Å². The summed E-state index contributed by atoms with van der Waals surface area (Å²) in [5.74, 6) is -0.216. The highest BCUT2D eigenvalue weighted by Crippen LogP contribution is 2.30. The summed E-state index contributed by atoms with van der Waals surface area (Å²) in [5, 5.41) is 4.92. The minimum Gasteiger partial charge on any atom is -0.176 e. The lowest BCUT2D eigenvalue weighted by Crippen LogP contribution is -2.32. The van der Waals surface area contributed by atoms with Gasteiger partial charge in [0.15, 0.2) is 6.20 Å². The molecule has 3 aromatic carbocycles. The van der Waals surface area contributed by atoms with Gasteiger partial charge in [0.2, 0.25) is 0 Å². The fraction of sp³-hybridized carbons (Fsp3) is 0.0952.